The molecule has 1 aromatic heterocycles. The Labute approximate surface area is 88.3 Å². The monoisotopic (exact) mass is 211 g/mol. The zero-order valence-corrected chi connectivity index (χ0v) is 9.16. The molecule has 0 aliphatic carbocycles. The third kappa shape index (κ3) is 2.45. The van der Waals surface area contributed by atoms with Crippen LogP contribution >= 0.6 is 0 Å². The van der Waals surface area contributed by atoms with Crippen LogP contribution < -0.4 is 5.69 Å². The maximum absolute atomic E-state index is 10.9. The van der Waals surface area contributed by atoms with Crippen LogP contribution in [-0.2, 0) is 6.42 Å². The molecule has 1 aromatic rings. The molecule has 0 aromatic carbocycles. The van der Waals surface area contributed by atoms with E-state index < -0.39 is 0 Å². The summed E-state index contributed by atoms with van der Waals surface area (Å²) in [6.07, 6.45) is 0.791. The van der Waals surface area contributed by atoms with E-state index in [1.165, 1.54) is 0 Å². The van der Waals surface area contributed by atoms with E-state index in [0.29, 0.717) is 6.04 Å². The van der Waals surface area contributed by atoms with Crippen LogP contribution in [0.3, 0.4) is 0 Å². The second-order valence-corrected chi connectivity index (χ2v) is 4.23. The largest absolute Gasteiger partial charge is 0.340 e. The molecule has 1 atom stereocenters. The average molecular weight is 211 g/mol. The summed E-state index contributed by atoms with van der Waals surface area (Å²) >= 11 is 0. The Kier molecular flexibility index (Phi) is 2.88. The first-order valence-electron chi connectivity index (χ1n) is 5.17. The molecule has 0 radical (unpaired) electrons. The standard InChI is InChI=1S/C9H17N5O/c1-13-3-4-14(2)7(6-13)5-8-10-9(15)12-11-8/h7H,3-6H2,1-2H3,(H2,10,11,12,15). The number of nitrogens with one attached hydrogen (secondary N) is 2. The number of piperazine rings is 1. The molecule has 2 rings (SSSR count). The highest BCUT2D eigenvalue weighted by Crippen LogP contribution is 2.08. The highest BCUT2D eigenvalue weighted by atomic mass is 16.1. The van der Waals surface area contributed by atoms with E-state index in [4.69, 9.17) is 0 Å². The minimum atomic E-state index is -0.225. The summed E-state index contributed by atoms with van der Waals surface area (Å²) in [7, 11) is 4.23. The Hall–Kier alpha value is -1.14. The molecule has 0 bridgehead atoms. The molecule has 84 valence electrons. The highest BCUT2D eigenvalue weighted by molar-refractivity contribution is 4.90. The zero-order valence-electron chi connectivity index (χ0n) is 9.16. The first kappa shape index (κ1) is 10.4. The van der Waals surface area contributed by atoms with E-state index in [2.05, 4.69) is 39.1 Å². The fourth-order valence-corrected chi connectivity index (χ4v) is 1.95. The molecule has 0 saturated carbocycles. The van der Waals surface area contributed by atoms with Crippen molar-refractivity contribution in [3.05, 3.63) is 16.3 Å². The van der Waals surface area contributed by atoms with Gasteiger partial charge in [0, 0.05) is 32.1 Å². The van der Waals surface area contributed by atoms with Crippen LogP contribution in [0.25, 0.3) is 0 Å². The predicted octanol–water partition coefficient (Wildman–Crippen LogP) is -1.11. The van der Waals surface area contributed by atoms with Gasteiger partial charge in [0.2, 0.25) is 0 Å². The average Bonchev–Trinajstić information content (AvgIpc) is 2.58. The normalized spacial score (nSPS) is 24.5. The van der Waals surface area contributed by atoms with Gasteiger partial charge in [-0.25, -0.2) is 9.89 Å². The molecule has 1 aliphatic heterocycles. The predicted molar refractivity (Wildman–Crippen MR) is 56.8 cm³/mol. The first-order chi connectivity index (χ1) is 7.15. The van der Waals surface area contributed by atoms with Crippen molar-refractivity contribution in [1.82, 2.24) is 25.0 Å². The van der Waals surface area contributed by atoms with Crippen molar-refractivity contribution in [2.75, 3.05) is 33.7 Å². The van der Waals surface area contributed by atoms with Crippen LogP contribution in [0.15, 0.2) is 4.79 Å². The molecule has 0 amide bonds. The third-order valence-corrected chi connectivity index (χ3v) is 2.96. The van der Waals surface area contributed by atoms with Crippen molar-refractivity contribution in [3.63, 3.8) is 0 Å². The van der Waals surface area contributed by atoms with Crippen LogP contribution in [-0.4, -0.2) is 64.8 Å². The second kappa shape index (κ2) is 4.16. The Morgan fingerprint density at radius 3 is 2.93 bits per heavy atom. The van der Waals surface area contributed by atoms with Crippen molar-refractivity contribution in [3.8, 4) is 0 Å². The Morgan fingerprint density at radius 2 is 2.27 bits per heavy atom. The zero-order chi connectivity index (χ0) is 10.8. The Morgan fingerprint density at radius 1 is 1.47 bits per heavy atom. The summed E-state index contributed by atoms with van der Waals surface area (Å²) in [4.78, 5) is 18.2. The molecule has 2 N–H and O–H groups in total. The minimum absolute atomic E-state index is 0.225. The molecule has 15 heavy (non-hydrogen) atoms. The quantitative estimate of drug-likeness (QED) is 0.650. The number of hydrogen-bond acceptors (Lipinski definition) is 4. The van der Waals surface area contributed by atoms with Crippen molar-refractivity contribution in [2.24, 2.45) is 0 Å². The maximum atomic E-state index is 10.9. The van der Waals surface area contributed by atoms with Crippen molar-refractivity contribution in [2.45, 2.75) is 12.5 Å². The number of H-pyrrole nitrogens is 2. The van der Waals surface area contributed by atoms with Gasteiger partial charge in [0.1, 0.15) is 5.82 Å². The summed E-state index contributed by atoms with van der Waals surface area (Å²) < 4.78 is 0. The van der Waals surface area contributed by atoms with Gasteiger partial charge >= 0.3 is 5.69 Å². The van der Waals surface area contributed by atoms with Gasteiger partial charge in [-0.15, -0.1) is 0 Å². The maximum Gasteiger partial charge on any atom is 0.340 e. The molecule has 2 heterocycles. The molecule has 1 aliphatic rings. The van der Waals surface area contributed by atoms with E-state index in [1.54, 1.807) is 0 Å². The minimum Gasteiger partial charge on any atom is -0.304 e. The van der Waals surface area contributed by atoms with Gasteiger partial charge in [0.25, 0.3) is 0 Å². The van der Waals surface area contributed by atoms with Crippen molar-refractivity contribution < 1.29 is 0 Å². The number of nitrogens with zero attached hydrogens (tertiary/aromatic N) is 3. The number of likely N-dealkylation sites (N-methyl/N-ethyl adjacent to an activating group) is 2. The summed E-state index contributed by atoms with van der Waals surface area (Å²) in [5, 5.41) is 6.32. The molecule has 1 fully saturated rings. The molecule has 1 unspecified atom stereocenters. The van der Waals surface area contributed by atoms with E-state index in [0.717, 1.165) is 31.9 Å². The lowest BCUT2D eigenvalue weighted by Gasteiger charge is -2.37. The second-order valence-electron chi connectivity index (χ2n) is 4.23. The van der Waals surface area contributed by atoms with E-state index in [9.17, 15) is 4.79 Å². The number of rotatable bonds is 2. The molecule has 1 saturated heterocycles. The van der Waals surface area contributed by atoms with Gasteiger partial charge in [-0.3, -0.25) is 4.98 Å². The lowest BCUT2D eigenvalue weighted by Crippen LogP contribution is -2.50. The smallest absolute Gasteiger partial charge is 0.304 e. The van der Waals surface area contributed by atoms with Crippen LogP contribution in [0.5, 0.6) is 0 Å². The van der Waals surface area contributed by atoms with Crippen LogP contribution in [0.1, 0.15) is 5.82 Å². The summed E-state index contributed by atoms with van der Waals surface area (Å²) in [6.45, 7) is 3.19. The highest BCUT2D eigenvalue weighted by Gasteiger charge is 2.23. The third-order valence-electron chi connectivity index (χ3n) is 2.96. The van der Waals surface area contributed by atoms with E-state index in [1.807, 2.05) is 0 Å². The van der Waals surface area contributed by atoms with Gasteiger partial charge in [-0.2, -0.15) is 5.10 Å². The fraction of sp³-hybridized carbons (Fsp3) is 0.778. The van der Waals surface area contributed by atoms with E-state index >= 15 is 0 Å². The Bertz CT molecular complexity index is 371. The molecular formula is C9H17N5O. The number of hydrogen-bond donors (Lipinski definition) is 2. The molecule has 0 spiro atoms. The fourth-order valence-electron chi connectivity index (χ4n) is 1.95. The summed E-state index contributed by atoms with van der Waals surface area (Å²) in [6, 6.07) is 0.433. The number of aromatic nitrogens is 3. The van der Waals surface area contributed by atoms with Crippen molar-refractivity contribution in [1.29, 1.82) is 0 Å². The lowest BCUT2D eigenvalue weighted by atomic mass is 10.1. The van der Waals surface area contributed by atoms with E-state index in [-0.39, 0.29) is 5.69 Å². The van der Waals surface area contributed by atoms with Crippen LogP contribution in [0.4, 0.5) is 0 Å². The Balaban J connectivity index is 2.01. The number of aromatic amines is 2. The lowest BCUT2D eigenvalue weighted by molar-refractivity contribution is 0.113. The van der Waals surface area contributed by atoms with Crippen molar-refractivity contribution >= 4 is 0 Å². The first-order valence-corrected chi connectivity index (χ1v) is 5.17. The van der Waals surface area contributed by atoms with Gasteiger partial charge in [0.15, 0.2) is 0 Å². The van der Waals surface area contributed by atoms with Gasteiger partial charge in [-0.05, 0) is 14.1 Å². The van der Waals surface area contributed by atoms with Crippen LogP contribution in [0.2, 0.25) is 0 Å². The molecule has 6 nitrogen and oxygen atoms in total. The summed E-state index contributed by atoms with van der Waals surface area (Å²) in [5.74, 6) is 0.743. The SMILES string of the molecule is CN1CCN(C)C(Cc2n[nH]c(=O)[nH]2)C1. The summed E-state index contributed by atoms with van der Waals surface area (Å²) in [5.41, 5.74) is -0.225. The van der Waals surface area contributed by atoms with Crippen LogP contribution in [0, 0.1) is 0 Å². The molecular weight excluding hydrogens is 194 g/mol. The van der Waals surface area contributed by atoms with Gasteiger partial charge in [-0.1, -0.05) is 0 Å². The molecule has 6 heteroatoms. The van der Waals surface area contributed by atoms with Gasteiger partial charge < -0.3 is 9.80 Å². The topological polar surface area (TPSA) is 68.0 Å². The van der Waals surface area contributed by atoms with Gasteiger partial charge in [0.05, 0.1) is 0 Å².